The van der Waals surface area contributed by atoms with E-state index in [1.165, 1.54) is 11.6 Å². The third-order valence-electron chi connectivity index (χ3n) is 3.43. The summed E-state index contributed by atoms with van der Waals surface area (Å²) in [6.07, 6.45) is 1.29. The number of aromatic nitrogens is 1. The number of halogens is 3. The first-order valence-electron chi connectivity index (χ1n) is 7.70. The van der Waals surface area contributed by atoms with E-state index in [2.05, 4.69) is 4.37 Å². The molecule has 0 N–H and O–H groups in total. The Morgan fingerprint density at radius 2 is 1.81 bits per heavy atom. The van der Waals surface area contributed by atoms with Gasteiger partial charge in [0, 0.05) is 24.1 Å². The summed E-state index contributed by atoms with van der Waals surface area (Å²) >= 11 is 0.992. The fraction of sp³-hybridized carbons (Fsp3) is 0.400. The van der Waals surface area contributed by atoms with E-state index in [0.29, 0.717) is 12.1 Å². The summed E-state index contributed by atoms with van der Waals surface area (Å²) in [5.74, 6) is -5.13. The van der Waals surface area contributed by atoms with Crippen molar-refractivity contribution in [2.45, 2.75) is 37.3 Å². The predicted molar refractivity (Wildman–Crippen MR) is 96.9 cm³/mol. The van der Waals surface area contributed by atoms with Crippen molar-refractivity contribution in [3.8, 4) is 0 Å². The van der Waals surface area contributed by atoms with Crippen LogP contribution in [0.4, 0.5) is 18.9 Å². The second-order valence-electron chi connectivity index (χ2n) is 6.56. The molecule has 26 heavy (non-hydrogen) atoms. The molecule has 0 aliphatic rings. The Labute approximate surface area is 155 Å². The van der Waals surface area contributed by atoms with Crippen molar-refractivity contribution < 1.29 is 26.3 Å². The van der Waals surface area contributed by atoms with Crippen molar-refractivity contribution in [1.29, 1.82) is 0 Å². The number of hydrogen-bond donors (Lipinski definition) is 0. The number of benzene rings is 1. The number of rotatable bonds is 7. The zero-order valence-electron chi connectivity index (χ0n) is 14.7. The molecule has 0 amide bonds. The normalized spacial score (nSPS) is 13.7. The summed E-state index contributed by atoms with van der Waals surface area (Å²) in [7, 11) is -7.05. The maximum atomic E-state index is 14.2. The van der Waals surface area contributed by atoms with E-state index < -0.39 is 46.3 Å². The lowest BCUT2D eigenvalue weighted by Crippen LogP contribution is -2.55. The van der Waals surface area contributed by atoms with Gasteiger partial charge in [-0.15, -0.1) is 0 Å². The van der Waals surface area contributed by atoms with Crippen molar-refractivity contribution in [2.75, 3.05) is 10.9 Å². The third-order valence-corrected chi connectivity index (χ3v) is 7.93. The lowest BCUT2D eigenvalue weighted by molar-refractivity contribution is 0.119. The predicted octanol–water partition coefficient (Wildman–Crippen LogP) is 4.00. The number of ether oxygens (including phenoxy) is 1. The number of hydrogen-bond acceptors (Lipinski definition) is 5. The Balaban J connectivity index is 2.74. The average Bonchev–Trinajstić information content (AvgIpc) is 2.97. The lowest BCUT2D eigenvalue weighted by atomic mass is 10.3. The molecule has 144 valence electrons. The molecule has 11 heteroatoms. The second kappa shape index (κ2) is 7.67. The fourth-order valence-electron chi connectivity index (χ4n) is 2.41. The van der Waals surface area contributed by atoms with Crippen LogP contribution in [0.2, 0.25) is 19.6 Å². The molecule has 1 aromatic heterocycles. The van der Waals surface area contributed by atoms with Crippen LogP contribution in [0.25, 0.3) is 0 Å². The van der Waals surface area contributed by atoms with Gasteiger partial charge in [-0.05, 0) is 18.5 Å². The quantitative estimate of drug-likeness (QED) is 0.498. The van der Waals surface area contributed by atoms with E-state index in [0.717, 1.165) is 15.8 Å². The maximum absolute atomic E-state index is 14.2. The summed E-state index contributed by atoms with van der Waals surface area (Å²) in [5, 5.41) is 1.45. The molecule has 5 nitrogen and oxygen atoms in total. The third kappa shape index (κ3) is 4.11. The summed E-state index contributed by atoms with van der Waals surface area (Å²) in [6.45, 7) is 7.50. The molecular formula is C15H19F3N2O3S2Si. The Hall–Kier alpha value is -1.43. The molecule has 1 atom stereocenters. The highest BCUT2D eigenvalue weighted by Crippen LogP contribution is 2.33. The van der Waals surface area contributed by atoms with Crippen molar-refractivity contribution in [3.63, 3.8) is 0 Å². The van der Waals surface area contributed by atoms with E-state index in [1.54, 1.807) is 6.92 Å². The zero-order chi connectivity index (χ0) is 19.7. The van der Waals surface area contributed by atoms with Crippen LogP contribution in [0.5, 0.6) is 0 Å². The zero-order valence-corrected chi connectivity index (χ0v) is 17.3. The first kappa shape index (κ1) is 20.9. The monoisotopic (exact) mass is 424 g/mol. The van der Waals surface area contributed by atoms with Crippen LogP contribution in [-0.4, -0.2) is 33.3 Å². The molecule has 0 aliphatic heterocycles. The minimum Gasteiger partial charge on any atom is -0.361 e. The van der Waals surface area contributed by atoms with Crippen molar-refractivity contribution in [1.82, 2.24) is 4.37 Å². The molecule has 1 aromatic carbocycles. The van der Waals surface area contributed by atoms with E-state index in [4.69, 9.17) is 4.74 Å². The Morgan fingerprint density at radius 1 is 1.23 bits per heavy atom. The second-order valence-corrected chi connectivity index (χ2v) is 14.2. The number of sulfonamides is 1. The molecule has 2 rings (SSSR count). The molecular weight excluding hydrogens is 405 g/mol. The minimum absolute atomic E-state index is 0.138. The van der Waals surface area contributed by atoms with Crippen LogP contribution in [-0.2, 0) is 14.8 Å². The van der Waals surface area contributed by atoms with E-state index in [-0.39, 0.29) is 12.3 Å². The van der Waals surface area contributed by atoms with Crippen LogP contribution in [0.3, 0.4) is 0 Å². The maximum Gasteiger partial charge on any atom is 0.272 e. The molecule has 0 saturated heterocycles. The largest absolute Gasteiger partial charge is 0.361 e. The molecule has 0 saturated carbocycles. The first-order valence-corrected chi connectivity index (χ1v) is 13.6. The van der Waals surface area contributed by atoms with Crippen LogP contribution in [0.15, 0.2) is 28.6 Å². The molecule has 0 fully saturated rings. The standard InChI is InChI=1S/C15H19F3N2O3S2Si/c1-5-23-15(26(2,3)4)20(11-8-19-24-9-11)25(21,22)14-12(17)6-10(16)7-13(14)18/h6-9,15H,5H2,1-4H3. The van der Waals surface area contributed by atoms with Gasteiger partial charge < -0.3 is 4.74 Å². The Bertz CT molecular complexity index is 848. The first-order chi connectivity index (χ1) is 12.0. The van der Waals surface area contributed by atoms with Crippen molar-refractivity contribution in [3.05, 3.63) is 41.2 Å². The van der Waals surface area contributed by atoms with Crippen molar-refractivity contribution in [2.24, 2.45) is 0 Å². The minimum atomic E-state index is -4.71. The Kier molecular flexibility index (Phi) is 6.15. The number of nitrogens with zero attached hydrogens (tertiary/aromatic N) is 2. The van der Waals surface area contributed by atoms with Crippen molar-refractivity contribution >= 4 is 35.3 Å². The summed E-state index contributed by atoms with van der Waals surface area (Å²) in [5.41, 5.74) is 0.138. The molecule has 0 bridgehead atoms. The van der Waals surface area contributed by atoms with Gasteiger partial charge in [0.1, 0.15) is 31.4 Å². The number of anilines is 1. The summed E-state index contributed by atoms with van der Waals surface area (Å²) < 4.78 is 78.5. The molecule has 1 heterocycles. The SMILES string of the molecule is CCOC(N(c1cnsc1)S(=O)(=O)c1c(F)cc(F)cc1F)[Si](C)(C)C. The molecule has 0 aliphatic carbocycles. The smallest absolute Gasteiger partial charge is 0.272 e. The summed E-state index contributed by atoms with van der Waals surface area (Å²) in [6, 6.07) is 0.675. The lowest BCUT2D eigenvalue weighted by Gasteiger charge is -2.38. The Morgan fingerprint density at radius 3 is 2.23 bits per heavy atom. The van der Waals surface area contributed by atoms with E-state index >= 15 is 0 Å². The summed E-state index contributed by atoms with van der Waals surface area (Å²) in [4.78, 5) is -1.21. The van der Waals surface area contributed by atoms with Gasteiger partial charge in [-0.25, -0.2) is 25.9 Å². The van der Waals surface area contributed by atoms with Gasteiger partial charge in [-0.2, -0.15) is 4.37 Å². The van der Waals surface area contributed by atoms with Gasteiger partial charge in [0.15, 0.2) is 4.90 Å². The molecule has 0 radical (unpaired) electrons. The van der Waals surface area contributed by atoms with Gasteiger partial charge in [-0.3, -0.25) is 0 Å². The average molecular weight is 425 g/mol. The van der Waals surface area contributed by atoms with E-state index in [1.807, 2.05) is 19.6 Å². The molecule has 0 spiro atoms. The van der Waals surface area contributed by atoms with Crippen LogP contribution < -0.4 is 4.31 Å². The highest BCUT2D eigenvalue weighted by molar-refractivity contribution is 7.93. The van der Waals surface area contributed by atoms with Gasteiger partial charge in [0.25, 0.3) is 10.0 Å². The van der Waals surface area contributed by atoms with Gasteiger partial charge >= 0.3 is 0 Å². The van der Waals surface area contributed by atoms with Crippen LogP contribution in [0.1, 0.15) is 6.92 Å². The van der Waals surface area contributed by atoms with Crippen LogP contribution >= 0.6 is 11.5 Å². The molecule has 2 aromatic rings. The van der Waals surface area contributed by atoms with Gasteiger partial charge in [-0.1, -0.05) is 19.6 Å². The molecule has 1 unspecified atom stereocenters. The highest BCUT2D eigenvalue weighted by atomic mass is 32.2. The topological polar surface area (TPSA) is 59.5 Å². The van der Waals surface area contributed by atoms with Gasteiger partial charge in [0.05, 0.1) is 11.9 Å². The highest BCUT2D eigenvalue weighted by Gasteiger charge is 2.43. The van der Waals surface area contributed by atoms with Crippen LogP contribution in [0, 0.1) is 17.5 Å². The van der Waals surface area contributed by atoms with E-state index in [9.17, 15) is 21.6 Å². The van der Waals surface area contributed by atoms with Gasteiger partial charge in [0.2, 0.25) is 0 Å². The fourth-order valence-corrected chi connectivity index (χ4v) is 7.37.